The van der Waals surface area contributed by atoms with Crippen molar-refractivity contribution in [1.82, 2.24) is 4.90 Å². The van der Waals surface area contributed by atoms with Gasteiger partial charge in [-0.3, -0.25) is 4.90 Å². The Morgan fingerprint density at radius 1 is 1.19 bits per heavy atom. The van der Waals surface area contributed by atoms with Gasteiger partial charge in [0.05, 0.1) is 17.1 Å². The minimum absolute atomic E-state index is 0. The quantitative estimate of drug-likeness (QED) is 0.730. The van der Waals surface area contributed by atoms with Gasteiger partial charge in [0.1, 0.15) is 6.10 Å². The number of ether oxygens (including phenoxy) is 1. The Bertz CT molecular complexity index is 768. The number of aromatic hydroxyl groups is 1. The third kappa shape index (κ3) is 1.83. The second-order valence-corrected chi connectivity index (χ2v) is 8.90. The van der Waals surface area contributed by atoms with Crippen LogP contribution in [0.5, 0.6) is 11.5 Å². The predicted octanol–water partition coefficient (Wildman–Crippen LogP) is 1.74. The Balaban J connectivity index is 0.00000150. The summed E-state index contributed by atoms with van der Waals surface area (Å²) in [6.07, 6.45) is 4.35. The van der Waals surface area contributed by atoms with Crippen LogP contribution in [0.3, 0.4) is 0 Å². The standard InChI is InChI=1S/C20H25NO4.ClH/c22-13-4-3-12-9-15-20(24)6-5-14(23)18-19(20,16(12)17(13)25-18)7-8-21(15)10-11-1-2-11;/h3-4,11,14-15,18,22-24H,1-2,5-10H2;1H/t14-,15-,18?,19+,20-;/m1./s1. The number of hydrogen-bond acceptors (Lipinski definition) is 5. The van der Waals surface area contributed by atoms with Crippen LogP contribution in [0.2, 0.25) is 0 Å². The number of aliphatic hydroxyl groups excluding tert-OH is 1. The molecule has 0 aromatic heterocycles. The molecule has 5 aliphatic rings. The maximum absolute atomic E-state index is 12.0. The molecule has 0 radical (unpaired) electrons. The fraction of sp³-hybridized carbons (Fsp3) is 0.700. The first-order valence-electron chi connectivity index (χ1n) is 9.71. The van der Waals surface area contributed by atoms with E-state index in [1.165, 1.54) is 18.4 Å². The molecule has 5 atom stereocenters. The summed E-state index contributed by atoms with van der Waals surface area (Å²) in [5, 5.41) is 33.1. The summed E-state index contributed by atoms with van der Waals surface area (Å²) in [5.41, 5.74) is 0.716. The average Bonchev–Trinajstić information content (AvgIpc) is 3.32. The smallest absolute Gasteiger partial charge is 0.165 e. The van der Waals surface area contributed by atoms with E-state index in [0.717, 1.165) is 37.4 Å². The zero-order valence-corrected chi connectivity index (χ0v) is 15.5. The van der Waals surface area contributed by atoms with E-state index in [4.69, 9.17) is 4.74 Å². The summed E-state index contributed by atoms with van der Waals surface area (Å²) < 4.78 is 6.14. The van der Waals surface area contributed by atoms with Crippen LogP contribution in [-0.4, -0.2) is 57.2 Å². The molecule has 2 heterocycles. The zero-order chi connectivity index (χ0) is 17.0. The highest BCUT2D eigenvalue weighted by Crippen LogP contribution is 2.65. The molecule has 2 aliphatic heterocycles. The van der Waals surface area contributed by atoms with Gasteiger partial charge < -0.3 is 20.1 Å². The van der Waals surface area contributed by atoms with E-state index in [0.29, 0.717) is 18.6 Å². The van der Waals surface area contributed by atoms with Crippen LogP contribution >= 0.6 is 12.4 Å². The van der Waals surface area contributed by atoms with Gasteiger partial charge in [0, 0.05) is 18.2 Å². The number of halogens is 1. The maximum Gasteiger partial charge on any atom is 0.165 e. The van der Waals surface area contributed by atoms with Crippen LogP contribution in [0.25, 0.3) is 0 Å². The molecular weight excluding hydrogens is 354 g/mol. The van der Waals surface area contributed by atoms with Crippen molar-refractivity contribution < 1.29 is 20.1 Å². The van der Waals surface area contributed by atoms with Crippen molar-refractivity contribution in [3.8, 4) is 11.5 Å². The largest absolute Gasteiger partial charge is 0.504 e. The normalized spacial score (nSPS) is 42.6. The number of aliphatic hydroxyl groups is 2. The van der Waals surface area contributed by atoms with Gasteiger partial charge in [0.2, 0.25) is 0 Å². The van der Waals surface area contributed by atoms with Crippen LogP contribution in [0.4, 0.5) is 0 Å². The molecule has 1 saturated heterocycles. The van der Waals surface area contributed by atoms with E-state index in [9.17, 15) is 15.3 Å². The number of benzene rings is 1. The first-order chi connectivity index (χ1) is 12.0. The fourth-order valence-corrected chi connectivity index (χ4v) is 6.46. The number of phenols is 1. The van der Waals surface area contributed by atoms with Crippen molar-refractivity contribution in [3.63, 3.8) is 0 Å². The van der Waals surface area contributed by atoms with Gasteiger partial charge in [0.25, 0.3) is 0 Å². The second kappa shape index (κ2) is 5.28. The summed E-state index contributed by atoms with van der Waals surface area (Å²) in [4.78, 5) is 2.51. The lowest BCUT2D eigenvalue weighted by Gasteiger charge is -2.63. The molecule has 0 amide bonds. The number of likely N-dealkylation sites (tertiary alicyclic amines) is 1. The summed E-state index contributed by atoms with van der Waals surface area (Å²) >= 11 is 0. The van der Waals surface area contributed by atoms with Crippen molar-refractivity contribution in [2.45, 2.75) is 67.8 Å². The lowest BCUT2D eigenvalue weighted by molar-refractivity contribution is -0.208. The molecule has 1 aromatic carbocycles. The lowest BCUT2D eigenvalue weighted by Crippen LogP contribution is -2.77. The van der Waals surface area contributed by atoms with E-state index >= 15 is 0 Å². The molecule has 1 aromatic rings. The Morgan fingerprint density at radius 2 is 2.00 bits per heavy atom. The van der Waals surface area contributed by atoms with Crippen LogP contribution in [0.1, 0.15) is 43.2 Å². The molecule has 1 spiro atoms. The van der Waals surface area contributed by atoms with Crippen LogP contribution < -0.4 is 4.74 Å². The Morgan fingerprint density at radius 3 is 2.77 bits per heavy atom. The van der Waals surface area contributed by atoms with Gasteiger partial charge in [-0.2, -0.15) is 0 Å². The highest BCUT2D eigenvalue weighted by atomic mass is 35.5. The highest BCUT2D eigenvalue weighted by molar-refractivity contribution is 5.85. The first kappa shape index (κ1) is 17.1. The van der Waals surface area contributed by atoms with Crippen molar-refractivity contribution in [2.24, 2.45) is 5.92 Å². The molecule has 5 nitrogen and oxygen atoms in total. The first-order valence-corrected chi connectivity index (χ1v) is 9.71. The fourth-order valence-electron chi connectivity index (χ4n) is 6.46. The Kier molecular flexibility index (Phi) is 3.48. The van der Waals surface area contributed by atoms with Crippen molar-refractivity contribution >= 4 is 12.4 Å². The molecular formula is C20H26ClNO4. The van der Waals surface area contributed by atoms with Crippen LogP contribution in [0.15, 0.2) is 12.1 Å². The molecule has 1 unspecified atom stereocenters. The van der Waals surface area contributed by atoms with Gasteiger partial charge in [-0.25, -0.2) is 0 Å². The maximum atomic E-state index is 12.0. The van der Waals surface area contributed by atoms with Gasteiger partial charge in [-0.05, 0) is 62.6 Å². The molecule has 3 N–H and O–H groups in total. The van der Waals surface area contributed by atoms with E-state index in [-0.39, 0.29) is 24.2 Å². The molecule has 6 rings (SSSR count). The zero-order valence-electron chi connectivity index (χ0n) is 14.7. The highest BCUT2D eigenvalue weighted by Gasteiger charge is 2.72. The topological polar surface area (TPSA) is 73.2 Å². The number of hydrogen-bond donors (Lipinski definition) is 3. The third-order valence-electron chi connectivity index (χ3n) is 7.73. The molecule has 2 bridgehead atoms. The molecule has 2 saturated carbocycles. The van der Waals surface area contributed by atoms with E-state index < -0.39 is 23.2 Å². The monoisotopic (exact) mass is 379 g/mol. The average molecular weight is 380 g/mol. The van der Waals surface area contributed by atoms with E-state index in [2.05, 4.69) is 4.90 Å². The minimum atomic E-state index is -0.879. The molecule has 142 valence electrons. The van der Waals surface area contributed by atoms with Crippen molar-refractivity contribution in [1.29, 1.82) is 0 Å². The lowest BCUT2D eigenvalue weighted by atomic mass is 9.48. The third-order valence-corrected chi connectivity index (χ3v) is 7.73. The summed E-state index contributed by atoms with van der Waals surface area (Å²) in [6, 6.07) is 3.79. The van der Waals surface area contributed by atoms with Gasteiger partial charge >= 0.3 is 0 Å². The van der Waals surface area contributed by atoms with Gasteiger partial charge in [0.15, 0.2) is 11.5 Å². The van der Waals surface area contributed by atoms with E-state index in [1.807, 2.05) is 6.07 Å². The molecule has 6 heteroatoms. The van der Waals surface area contributed by atoms with Crippen molar-refractivity contribution in [3.05, 3.63) is 23.3 Å². The number of phenolic OH excluding ortho intramolecular Hbond substituents is 1. The SMILES string of the molecule is Cl.Oc1ccc2c3c1OC1[C@H](O)CC[C@@]4(O)[C@@H](C2)N(CC2CC2)CC[C@]314. The number of nitrogens with zero attached hydrogens (tertiary/aromatic N) is 1. The second-order valence-electron chi connectivity index (χ2n) is 8.90. The summed E-state index contributed by atoms with van der Waals surface area (Å²) in [6.45, 7) is 2.02. The Hall–Kier alpha value is -1.01. The van der Waals surface area contributed by atoms with Crippen LogP contribution in [-0.2, 0) is 11.8 Å². The van der Waals surface area contributed by atoms with Gasteiger partial charge in [-0.15, -0.1) is 12.4 Å². The minimum Gasteiger partial charge on any atom is -0.504 e. The van der Waals surface area contributed by atoms with Gasteiger partial charge in [-0.1, -0.05) is 6.07 Å². The number of piperidine rings is 1. The summed E-state index contributed by atoms with van der Waals surface area (Å²) in [7, 11) is 0. The predicted molar refractivity (Wildman–Crippen MR) is 98.0 cm³/mol. The molecule has 3 fully saturated rings. The molecule has 26 heavy (non-hydrogen) atoms. The molecule has 3 aliphatic carbocycles. The Labute approximate surface area is 159 Å². The van der Waals surface area contributed by atoms with Crippen molar-refractivity contribution in [2.75, 3.05) is 13.1 Å². The van der Waals surface area contributed by atoms with E-state index in [1.54, 1.807) is 6.07 Å². The van der Waals surface area contributed by atoms with Crippen LogP contribution in [0, 0.1) is 5.92 Å². The summed E-state index contributed by atoms with van der Waals surface area (Å²) in [5.74, 6) is 1.44. The number of rotatable bonds is 2.